The van der Waals surface area contributed by atoms with E-state index in [9.17, 15) is 17.8 Å². The molecule has 30 heavy (non-hydrogen) atoms. The maximum Gasteiger partial charge on any atom is 0.400 e. The number of fused-ring (bicyclic) bond motifs is 1. The molecular formula is C18H12ClF2N5O3S. The minimum Gasteiger partial charge on any atom is -0.331 e. The number of imidazole rings is 1. The molecule has 154 valence electrons. The Labute approximate surface area is 173 Å². The Kier molecular flexibility index (Phi) is 4.86. The van der Waals surface area contributed by atoms with E-state index in [4.69, 9.17) is 11.6 Å². The zero-order valence-corrected chi connectivity index (χ0v) is 16.8. The van der Waals surface area contributed by atoms with E-state index in [0.29, 0.717) is 16.1 Å². The highest BCUT2D eigenvalue weighted by atomic mass is 35.5. The third kappa shape index (κ3) is 3.94. The predicted molar refractivity (Wildman–Crippen MR) is 104 cm³/mol. The molecule has 4 rings (SSSR count). The third-order valence-electron chi connectivity index (χ3n) is 4.04. The summed E-state index contributed by atoms with van der Waals surface area (Å²) in [6.45, 7) is 0. The van der Waals surface area contributed by atoms with Crippen LogP contribution in [0.15, 0.2) is 68.6 Å². The van der Waals surface area contributed by atoms with Crippen LogP contribution in [0, 0.1) is 0 Å². The van der Waals surface area contributed by atoms with Gasteiger partial charge in [-0.2, -0.15) is 18.1 Å². The van der Waals surface area contributed by atoms with Gasteiger partial charge in [-0.1, -0.05) is 23.4 Å². The van der Waals surface area contributed by atoms with E-state index < -0.39 is 26.9 Å². The number of rotatable bonds is 4. The van der Waals surface area contributed by atoms with Gasteiger partial charge in [-0.3, -0.25) is 4.79 Å². The van der Waals surface area contributed by atoms with Crippen molar-refractivity contribution in [3.63, 3.8) is 0 Å². The SMILES string of the molecule is CS(=O)(=NC(=O)c1cn2ccc(-c3noc(C(F)(F)Cl)n3)cc2n1)c1ccccc1. The maximum absolute atomic E-state index is 13.1. The summed E-state index contributed by atoms with van der Waals surface area (Å²) in [6, 6.07) is 11.4. The minimum absolute atomic E-state index is 0.0289. The lowest BCUT2D eigenvalue weighted by Crippen LogP contribution is -2.04. The molecule has 0 saturated heterocycles. The lowest BCUT2D eigenvalue weighted by atomic mass is 10.2. The van der Waals surface area contributed by atoms with Gasteiger partial charge in [0.05, 0.1) is 9.73 Å². The number of alkyl halides is 3. The molecule has 1 unspecified atom stereocenters. The number of hydrogen-bond donors (Lipinski definition) is 0. The van der Waals surface area contributed by atoms with Crippen molar-refractivity contribution in [2.45, 2.75) is 10.3 Å². The van der Waals surface area contributed by atoms with Crippen molar-refractivity contribution in [1.82, 2.24) is 19.5 Å². The molecule has 0 aliphatic heterocycles. The molecule has 0 aliphatic rings. The first kappa shape index (κ1) is 20.1. The quantitative estimate of drug-likeness (QED) is 0.435. The Morgan fingerprint density at radius 3 is 2.63 bits per heavy atom. The van der Waals surface area contributed by atoms with Crippen LogP contribution in [0.25, 0.3) is 17.0 Å². The zero-order valence-electron chi connectivity index (χ0n) is 15.2. The van der Waals surface area contributed by atoms with Crippen LogP contribution in [0.2, 0.25) is 0 Å². The number of halogens is 3. The van der Waals surface area contributed by atoms with Crippen molar-refractivity contribution in [2.24, 2.45) is 4.36 Å². The minimum atomic E-state index is -3.78. The highest BCUT2D eigenvalue weighted by molar-refractivity contribution is 7.93. The van der Waals surface area contributed by atoms with Crippen molar-refractivity contribution in [1.29, 1.82) is 0 Å². The summed E-state index contributed by atoms with van der Waals surface area (Å²) in [5.74, 6) is -1.90. The molecule has 3 aromatic heterocycles. The Bertz CT molecular complexity index is 1370. The Morgan fingerprint density at radius 2 is 1.97 bits per heavy atom. The second kappa shape index (κ2) is 7.26. The molecule has 0 radical (unpaired) electrons. The van der Waals surface area contributed by atoms with Crippen LogP contribution in [0.1, 0.15) is 16.4 Å². The van der Waals surface area contributed by atoms with Crippen LogP contribution in [-0.4, -0.2) is 35.9 Å². The Hall–Kier alpha value is -3.18. The van der Waals surface area contributed by atoms with Gasteiger partial charge in [0, 0.05) is 29.1 Å². The highest BCUT2D eigenvalue weighted by Crippen LogP contribution is 2.32. The summed E-state index contributed by atoms with van der Waals surface area (Å²) in [5, 5.41) is -0.309. The summed E-state index contributed by atoms with van der Waals surface area (Å²) in [6.07, 6.45) is 4.32. The summed E-state index contributed by atoms with van der Waals surface area (Å²) in [7, 11) is -2.95. The predicted octanol–water partition coefficient (Wildman–Crippen LogP) is 3.97. The summed E-state index contributed by atoms with van der Waals surface area (Å²) >= 11 is 4.87. The molecule has 1 aromatic carbocycles. The number of carbonyl (C=O) groups is 1. The van der Waals surface area contributed by atoms with Gasteiger partial charge >= 0.3 is 17.2 Å². The van der Waals surface area contributed by atoms with E-state index in [1.54, 1.807) is 30.3 Å². The summed E-state index contributed by atoms with van der Waals surface area (Å²) in [4.78, 5) is 20.7. The van der Waals surface area contributed by atoms with Crippen molar-refractivity contribution in [2.75, 3.05) is 6.26 Å². The molecule has 0 saturated carbocycles. The van der Waals surface area contributed by atoms with Crippen molar-refractivity contribution in [3.05, 3.63) is 66.4 Å². The largest absolute Gasteiger partial charge is 0.400 e. The van der Waals surface area contributed by atoms with E-state index in [-0.39, 0.29) is 11.5 Å². The van der Waals surface area contributed by atoms with Crippen LogP contribution in [0.4, 0.5) is 8.78 Å². The van der Waals surface area contributed by atoms with Crippen LogP contribution >= 0.6 is 11.6 Å². The molecule has 3 heterocycles. The number of pyridine rings is 1. The molecule has 8 nitrogen and oxygen atoms in total. The monoisotopic (exact) mass is 451 g/mol. The lowest BCUT2D eigenvalue weighted by molar-refractivity contribution is 0.0551. The Morgan fingerprint density at radius 1 is 1.23 bits per heavy atom. The van der Waals surface area contributed by atoms with Crippen molar-refractivity contribution >= 4 is 32.9 Å². The second-order valence-corrected chi connectivity index (χ2v) is 8.97. The van der Waals surface area contributed by atoms with Crippen LogP contribution in [0.5, 0.6) is 0 Å². The van der Waals surface area contributed by atoms with E-state index in [2.05, 4.69) is 24.0 Å². The number of aromatic nitrogens is 4. The molecule has 0 fully saturated rings. The first-order valence-electron chi connectivity index (χ1n) is 8.35. The van der Waals surface area contributed by atoms with Gasteiger partial charge in [-0.05, 0) is 35.9 Å². The number of amides is 1. The van der Waals surface area contributed by atoms with Gasteiger partial charge in [0.25, 0.3) is 0 Å². The molecule has 0 aliphatic carbocycles. The molecular weight excluding hydrogens is 440 g/mol. The fraction of sp³-hybridized carbons (Fsp3) is 0.111. The highest BCUT2D eigenvalue weighted by Gasteiger charge is 2.35. The lowest BCUT2D eigenvalue weighted by Gasteiger charge is -2.02. The molecule has 1 atom stereocenters. The molecule has 4 aromatic rings. The van der Waals surface area contributed by atoms with Crippen LogP contribution in [-0.2, 0) is 15.1 Å². The van der Waals surface area contributed by atoms with Gasteiger partial charge < -0.3 is 8.92 Å². The van der Waals surface area contributed by atoms with Crippen molar-refractivity contribution < 1.29 is 22.3 Å². The second-order valence-electron chi connectivity index (χ2n) is 6.24. The van der Waals surface area contributed by atoms with E-state index >= 15 is 0 Å². The Balaban J connectivity index is 1.67. The smallest absolute Gasteiger partial charge is 0.331 e. The fourth-order valence-electron chi connectivity index (χ4n) is 2.61. The third-order valence-corrected chi connectivity index (χ3v) is 5.87. The van der Waals surface area contributed by atoms with Gasteiger partial charge in [0.2, 0.25) is 5.82 Å². The molecule has 0 spiro atoms. The maximum atomic E-state index is 13.1. The van der Waals surface area contributed by atoms with Gasteiger partial charge in [-0.25, -0.2) is 9.19 Å². The van der Waals surface area contributed by atoms with Crippen molar-refractivity contribution in [3.8, 4) is 11.4 Å². The number of hydrogen-bond acceptors (Lipinski definition) is 6. The first-order chi connectivity index (χ1) is 14.1. The number of nitrogens with zero attached hydrogens (tertiary/aromatic N) is 5. The van der Waals surface area contributed by atoms with E-state index in [0.717, 1.165) is 0 Å². The normalized spacial score (nSPS) is 13.9. The molecule has 0 bridgehead atoms. The molecule has 0 N–H and O–H groups in total. The van der Waals surface area contributed by atoms with Crippen LogP contribution in [0.3, 0.4) is 0 Å². The standard InChI is InChI=1S/C18H12ClF2N5O3S/c1-30(28,12-5-3-2-4-6-12)25-16(27)13-10-26-8-7-11(9-14(26)22-13)15-23-17(29-24-15)18(19,20)21/h2-10H,1H3. The number of carbonyl (C=O) groups excluding carboxylic acids is 1. The topological polar surface area (TPSA) is 103 Å². The van der Waals surface area contributed by atoms with Gasteiger partial charge in [0.1, 0.15) is 11.3 Å². The summed E-state index contributed by atoms with van der Waals surface area (Å²) in [5.41, 5.74) is 0.597. The van der Waals surface area contributed by atoms with Crippen LogP contribution < -0.4 is 0 Å². The summed E-state index contributed by atoms with van der Waals surface area (Å²) < 4.78 is 48.7. The van der Waals surface area contributed by atoms with Gasteiger partial charge in [0.15, 0.2) is 0 Å². The average Bonchev–Trinajstić information content (AvgIpc) is 3.35. The van der Waals surface area contributed by atoms with Gasteiger partial charge in [-0.15, -0.1) is 0 Å². The van der Waals surface area contributed by atoms with E-state index in [1.807, 2.05) is 0 Å². The fourth-order valence-corrected chi connectivity index (χ4v) is 3.86. The molecule has 1 amide bonds. The average molecular weight is 452 g/mol. The first-order valence-corrected chi connectivity index (χ1v) is 10.7. The number of benzene rings is 1. The van der Waals surface area contributed by atoms with E-state index in [1.165, 1.54) is 35.2 Å². The zero-order chi connectivity index (χ0) is 21.5. The molecule has 12 heteroatoms.